The zero-order chi connectivity index (χ0) is 8.27. The lowest BCUT2D eigenvalue weighted by molar-refractivity contribution is 0.369. The van der Waals surface area contributed by atoms with Crippen LogP contribution in [0.4, 0.5) is 4.39 Å². The number of hydrogen-bond donors (Lipinski definition) is 0. The number of methoxy groups -OCH3 is 1. The van der Waals surface area contributed by atoms with Crippen LogP contribution in [-0.2, 0) is 0 Å². The summed E-state index contributed by atoms with van der Waals surface area (Å²) in [7, 11) is 1.52. The molecule has 1 aromatic carbocycles. The van der Waals surface area contributed by atoms with Crippen LogP contribution in [0.5, 0.6) is 5.75 Å². The van der Waals surface area contributed by atoms with Gasteiger partial charge in [0.1, 0.15) is 11.9 Å². The standard InChI is InChI=1S/C9H10FO/c1-7(10)8-5-3-4-6-9(8)11-2/h3-7H,1H2,2H3. The lowest BCUT2D eigenvalue weighted by atomic mass is 10.1. The molecule has 1 aromatic rings. The van der Waals surface area contributed by atoms with Crippen molar-refractivity contribution in [3.05, 3.63) is 36.8 Å². The highest BCUT2D eigenvalue weighted by atomic mass is 19.1. The van der Waals surface area contributed by atoms with Crippen molar-refractivity contribution < 1.29 is 9.13 Å². The molecule has 0 aliphatic heterocycles. The van der Waals surface area contributed by atoms with E-state index < -0.39 is 6.17 Å². The maximum absolute atomic E-state index is 12.7. The lowest BCUT2D eigenvalue weighted by Gasteiger charge is -2.07. The topological polar surface area (TPSA) is 9.23 Å². The molecule has 0 aliphatic carbocycles. The molecule has 1 rings (SSSR count). The number of para-hydroxylation sites is 1. The first-order valence-corrected chi connectivity index (χ1v) is 3.35. The molecule has 1 radical (unpaired) electrons. The average molecular weight is 153 g/mol. The van der Waals surface area contributed by atoms with E-state index in [0.717, 1.165) is 0 Å². The van der Waals surface area contributed by atoms with Crippen LogP contribution in [0.15, 0.2) is 24.3 Å². The van der Waals surface area contributed by atoms with E-state index >= 15 is 0 Å². The van der Waals surface area contributed by atoms with Crippen LogP contribution in [0, 0.1) is 6.92 Å². The van der Waals surface area contributed by atoms with E-state index in [2.05, 4.69) is 6.92 Å². The van der Waals surface area contributed by atoms with Gasteiger partial charge in [0.05, 0.1) is 7.11 Å². The Hall–Kier alpha value is -1.05. The van der Waals surface area contributed by atoms with E-state index in [-0.39, 0.29) is 0 Å². The summed E-state index contributed by atoms with van der Waals surface area (Å²) in [6, 6.07) is 6.93. The van der Waals surface area contributed by atoms with Crippen molar-refractivity contribution in [2.75, 3.05) is 7.11 Å². The van der Waals surface area contributed by atoms with Gasteiger partial charge in [-0.15, -0.1) is 0 Å². The molecular formula is C9H10FO. The Morgan fingerprint density at radius 3 is 2.55 bits per heavy atom. The Kier molecular flexibility index (Phi) is 2.47. The zero-order valence-corrected chi connectivity index (χ0v) is 6.38. The molecule has 0 heterocycles. The summed E-state index contributed by atoms with van der Waals surface area (Å²) in [5.74, 6) is 0.551. The molecule has 0 saturated heterocycles. The van der Waals surface area contributed by atoms with Gasteiger partial charge in [0.25, 0.3) is 0 Å². The minimum atomic E-state index is -1.22. The monoisotopic (exact) mass is 153 g/mol. The molecule has 1 atom stereocenters. The number of halogens is 1. The molecule has 0 spiro atoms. The van der Waals surface area contributed by atoms with Crippen molar-refractivity contribution in [1.82, 2.24) is 0 Å². The second-order valence-electron chi connectivity index (χ2n) is 2.21. The molecule has 0 bridgehead atoms. The van der Waals surface area contributed by atoms with Crippen LogP contribution >= 0.6 is 0 Å². The van der Waals surface area contributed by atoms with Crippen LogP contribution in [0.1, 0.15) is 11.7 Å². The molecule has 59 valence electrons. The Morgan fingerprint density at radius 1 is 1.45 bits per heavy atom. The van der Waals surface area contributed by atoms with Gasteiger partial charge in [-0.1, -0.05) is 18.2 Å². The second-order valence-corrected chi connectivity index (χ2v) is 2.21. The summed E-state index contributed by atoms with van der Waals surface area (Å²) in [5.41, 5.74) is 0.495. The van der Waals surface area contributed by atoms with Crippen molar-refractivity contribution in [1.29, 1.82) is 0 Å². The third-order valence-electron chi connectivity index (χ3n) is 1.48. The SMILES string of the molecule is [CH2]C(F)c1ccccc1OC. The van der Waals surface area contributed by atoms with Gasteiger partial charge in [0.15, 0.2) is 0 Å². The number of ether oxygens (including phenoxy) is 1. The lowest BCUT2D eigenvalue weighted by Crippen LogP contribution is -1.91. The summed E-state index contributed by atoms with van der Waals surface area (Å²) in [5, 5.41) is 0. The molecule has 11 heavy (non-hydrogen) atoms. The first-order chi connectivity index (χ1) is 5.25. The highest BCUT2D eigenvalue weighted by Gasteiger charge is 2.07. The third-order valence-corrected chi connectivity index (χ3v) is 1.48. The smallest absolute Gasteiger partial charge is 0.129 e. The normalized spacial score (nSPS) is 12.6. The van der Waals surface area contributed by atoms with Gasteiger partial charge in [-0.25, -0.2) is 4.39 Å². The van der Waals surface area contributed by atoms with Gasteiger partial charge in [-0.2, -0.15) is 0 Å². The minimum absolute atomic E-state index is 0.495. The van der Waals surface area contributed by atoms with Crippen molar-refractivity contribution in [3.63, 3.8) is 0 Å². The molecule has 1 unspecified atom stereocenters. The Balaban J connectivity index is 3.02. The Bertz CT molecular complexity index is 233. The molecule has 1 nitrogen and oxygen atoms in total. The van der Waals surface area contributed by atoms with Crippen molar-refractivity contribution in [2.24, 2.45) is 0 Å². The van der Waals surface area contributed by atoms with Crippen LogP contribution in [0.2, 0.25) is 0 Å². The summed E-state index contributed by atoms with van der Waals surface area (Å²) < 4.78 is 17.6. The Labute approximate surface area is 65.8 Å². The van der Waals surface area contributed by atoms with E-state index in [9.17, 15) is 4.39 Å². The highest BCUT2D eigenvalue weighted by molar-refractivity contribution is 5.35. The molecule has 0 amide bonds. The van der Waals surface area contributed by atoms with Crippen LogP contribution in [0.3, 0.4) is 0 Å². The third kappa shape index (κ3) is 1.70. The van der Waals surface area contributed by atoms with Gasteiger partial charge in [0.2, 0.25) is 0 Å². The van der Waals surface area contributed by atoms with Crippen molar-refractivity contribution in [3.8, 4) is 5.75 Å². The van der Waals surface area contributed by atoms with Crippen molar-refractivity contribution in [2.45, 2.75) is 6.17 Å². The van der Waals surface area contributed by atoms with E-state index in [1.807, 2.05) is 0 Å². The second kappa shape index (κ2) is 3.37. The summed E-state index contributed by atoms with van der Waals surface area (Å²) >= 11 is 0. The van der Waals surface area contributed by atoms with Gasteiger partial charge in [0, 0.05) is 5.56 Å². The quantitative estimate of drug-likeness (QED) is 0.634. The predicted molar refractivity (Wildman–Crippen MR) is 42.2 cm³/mol. The van der Waals surface area contributed by atoms with Gasteiger partial charge in [-0.05, 0) is 13.0 Å². The fourth-order valence-electron chi connectivity index (χ4n) is 0.925. The number of benzene rings is 1. The first-order valence-electron chi connectivity index (χ1n) is 3.35. The number of hydrogen-bond acceptors (Lipinski definition) is 1. The molecule has 0 aliphatic rings. The van der Waals surface area contributed by atoms with E-state index in [4.69, 9.17) is 4.74 Å². The molecule has 0 fully saturated rings. The van der Waals surface area contributed by atoms with Gasteiger partial charge < -0.3 is 4.74 Å². The largest absolute Gasteiger partial charge is 0.496 e. The van der Waals surface area contributed by atoms with Gasteiger partial charge >= 0.3 is 0 Å². The van der Waals surface area contributed by atoms with Crippen LogP contribution < -0.4 is 4.74 Å². The fraction of sp³-hybridized carbons (Fsp3) is 0.222. The molecule has 0 saturated carbocycles. The minimum Gasteiger partial charge on any atom is -0.496 e. The van der Waals surface area contributed by atoms with E-state index in [1.54, 1.807) is 24.3 Å². The molecular weight excluding hydrogens is 143 g/mol. The fourth-order valence-corrected chi connectivity index (χ4v) is 0.925. The molecule has 0 N–H and O–H groups in total. The van der Waals surface area contributed by atoms with Crippen molar-refractivity contribution >= 4 is 0 Å². The Morgan fingerprint density at radius 2 is 2.09 bits per heavy atom. The first kappa shape index (κ1) is 8.05. The number of rotatable bonds is 2. The highest BCUT2D eigenvalue weighted by Crippen LogP contribution is 2.25. The predicted octanol–water partition coefficient (Wildman–Crippen LogP) is 2.54. The zero-order valence-electron chi connectivity index (χ0n) is 6.38. The average Bonchev–Trinajstić information content (AvgIpc) is 2.04. The van der Waals surface area contributed by atoms with E-state index in [0.29, 0.717) is 11.3 Å². The van der Waals surface area contributed by atoms with Gasteiger partial charge in [-0.3, -0.25) is 0 Å². The summed E-state index contributed by atoms with van der Waals surface area (Å²) in [6.07, 6.45) is -1.22. The molecule has 2 heteroatoms. The maximum Gasteiger partial charge on any atom is 0.129 e. The summed E-state index contributed by atoms with van der Waals surface area (Å²) in [4.78, 5) is 0. The number of alkyl halides is 1. The van der Waals surface area contributed by atoms with E-state index in [1.165, 1.54) is 7.11 Å². The van der Waals surface area contributed by atoms with Crippen LogP contribution in [-0.4, -0.2) is 7.11 Å². The van der Waals surface area contributed by atoms with Crippen LogP contribution in [0.25, 0.3) is 0 Å². The maximum atomic E-state index is 12.7. The molecule has 0 aromatic heterocycles. The summed E-state index contributed by atoms with van der Waals surface area (Å²) in [6.45, 7) is 3.27.